The van der Waals surface area contributed by atoms with Crippen molar-refractivity contribution in [2.45, 2.75) is 0 Å². The Bertz CT molecular complexity index is 931. The lowest BCUT2D eigenvalue weighted by Gasteiger charge is -2.08. The number of anilines is 1. The molecule has 0 saturated heterocycles. The zero-order chi connectivity index (χ0) is 16.9. The number of nitrogens with zero attached hydrogens (tertiary/aromatic N) is 3. The normalized spacial score (nSPS) is 11.2. The van der Waals surface area contributed by atoms with Crippen molar-refractivity contribution in [2.24, 2.45) is 5.10 Å². The van der Waals surface area contributed by atoms with Gasteiger partial charge in [-0.25, -0.2) is 4.79 Å². The van der Waals surface area contributed by atoms with E-state index in [1.165, 1.54) is 0 Å². The van der Waals surface area contributed by atoms with Crippen LogP contribution in [0.5, 0.6) is 0 Å². The molecule has 0 radical (unpaired) electrons. The predicted molar refractivity (Wildman–Crippen MR) is 93.7 cm³/mol. The maximum absolute atomic E-state index is 11.5. The Kier molecular flexibility index (Phi) is 4.29. The Morgan fingerprint density at radius 2 is 1.79 bits per heavy atom. The molecule has 24 heavy (non-hydrogen) atoms. The molecule has 3 rings (SSSR count). The van der Waals surface area contributed by atoms with Gasteiger partial charge in [0, 0.05) is 16.3 Å². The average Bonchev–Trinajstić information content (AvgIpc) is 2.62. The molecule has 0 bridgehead atoms. The van der Waals surface area contributed by atoms with E-state index in [0.717, 1.165) is 10.8 Å². The number of rotatable bonds is 5. The Balaban J connectivity index is 1.95. The molecule has 118 valence electrons. The van der Waals surface area contributed by atoms with Crippen LogP contribution in [0.2, 0.25) is 0 Å². The van der Waals surface area contributed by atoms with Gasteiger partial charge in [-0.15, -0.1) is 5.10 Å². The van der Waals surface area contributed by atoms with E-state index in [0.29, 0.717) is 17.0 Å². The number of carbonyl (C=O) groups is 1. The first-order chi connectivity index (χ1) is 11.7. The third-order valence-electron chi connectivity index (χ3n) is 3.45. The first kappa shape index (κ1) is 15.4. The van der Waals surface area contributed by atoms with E-state index in [9.17, 15) is 9.90 Å². The summed E-state index contributed by atoms with van der Waals surface area (Å²) in [5, 5.41) is 23.0. The molecule has 6 nitrogen and oxygen atoms in total. The molecule has 0 fully saturated rings. The predicted octanol–water partition coefficient (Wildman–Crippen LogP) is 3.20. The Morgan fingerprint density at radius 3 is 2.54 bits per heavy atom. The first-order valence-electron chi connectivity index (χ1n) is 7.19. The Labute approximate surface area is 138 Å². The molecule has 6 heteroatoms. The summed E-state index contributed by atoms with van der Waals surface area (Å²) in [4.78, 5) is 11.5. The summed E-state index contributed by atoms with van der Waals surface area (Å²) < 4.78 is 0. The highest BCUT2D eigenvalue weighted by atomic mass is 16.4. The van der Waals surface area contributed by atoms with Crippen LogP contribution in [0.3, 0.4) is 0 Å². The largest absolute Gasteiger partial charge is 0.476 e. The van der Waals surface area contributed by atoms with Gasteiger partial charge in [0.15, 0.2) is 11.5 Å². The number of hydrazone groups is 1. The summed E-state index contributed by atoms with van der Waals surface area (Å²) in [5.74, 6) is -0.794. The lowest BCUT2D eigenvalue weighted by molar-refractivity contribution is -0.129. The fourth-order valence-electron chi connectivity index (χ4n) is 2.24. The van der Waals surface area contributed by atoms with Gasteiger partial charge >= 0.3 is 5.97 Å². The molecule has 0 aliphatic heterocycles. The molecule has 1 aromatic heterocycles. The number of hydrogen-bond acceptors (Lipinski definition) is 5. The number of benzene rings is 2. The zero-order valence-corrected chi connectivity index (χ0v) is 12.7. The van der Waals surface area contributed by atoms with Gasteiger partial charge in [-0.1, -0.05) is 61.2 Å². The molecule has 2 N–H and O–H groups in total. The average molecular weight is 318 g/mol. The maximum Gasteiger partial charge on any atom is 0.356 e. The first-order valence-corrected chi connectivity index (χ1v) is 7.19. The molecular formula is C18H14N4O2. The standard InChI is InChI=1S/C18H14N4O2/c1-12(13-7-3-2-4-8-13)16(18(23)24)20-22-17-15-10-6-5-9-14(15)11-19-21-17/h2-11H,1H2,(H,21,22)(H,23,24)/b20-16+. The monoisotopic (exact) mass is 318 g/mol. The molecule has 3 aromatic rings. The van der Waals surface area contributed by atoms with Crippen molar-refractivity contribution in [1.29, 1.82) is 0 Å². The molecule has 1 heterocycles. The smallest absolute Gasteiger partial charge is 0.356 e. The van der Waals surface area contributed by atoms with Gasteiger partial charge < -0.3 is 5.11 Å². The zero-order valence-electron chi connectivity index (χ0n) is 12.7. The van der Waals surface area contributed by atoms with Crippen LogP contribution >= 0.6 is 0 Å². The molecule has 0 unspecified atom stereocenters. The highest BCUT2D eigenvalue weighted by Gasteiger charge is 2.16. The van der Waals surface area contributed by atoms with Gasteiger partial charge in [0.25, 0.3) is 0 Å². The Hall–Kier alpha value is -3.54. The van der Waals surface area contributed by atoms with Crippen molar-refractivity contribution >= 4 is 33.8 Å². The van der Waals surface area contributed by atoms with Crippen LogP contribution in [0.25, 0.3) is 16.3 Å². The minimum atomic E-state index is -1.18. The number of carboxylic acid groups (broad SMARTS) is 1. The van der Waals surface area contributed by atoms with Gasteiger partial charge in [0.2, 0.25) is 0 Å². The lowest BCUT2D eigenvalue weighted by atomic mass is 10.0. The topological polar surface area (TPSA) is 87.5 Å². The highest BCUT2D eigenvalue weighted by Crippen LogP contribution is 2.20. The lowest BCUT2D eigenvalue weighted by Crippen LogP contribution is -2.16. The number of fused-ring (bicyclic) bond motifs is 1. The number of carboxylic acids is 1. The van der Waals surface area contributed by atoms with Crippen molar-refractivity contribution < 1.29 is 9.90 Å². The summed E-state index contributed by atoms with van der Waals surface area (Å²) in [6.45, 7) is 3.83. The van der Waals surface area contributed by atoms with Crippen LogP contribution in [-0.4, -0.2) is 27.0 Å². The summed E-state index contributed by atoms with van der Waals surface area (Å²) in [6, 6.07) is 16.5. The summed E-state index contributed by atoms with van der Waals surface area (Å²) in [6.07, 6.45) is 1.63. The number of nitrogens with one attached hydrogen (secondary N) is 1. The second-order valence-corrected chi connectivity index (χ2v) is 5.00. The van der Waals surface area contributed by atoms with Gasteiger partial charge in [-0.3, -0.25) is 5.43 Å². The Morgan fingerprint density at radius 1 is 1.08 bits per heavy atom. The van der Waals surface area contributed by atoms with Gasteiger partial charge in [0.1, 0.15) is 0 Å². The SMILES string of the molecule is C=C(/C(=N\Nc1nncc2ccccc12)C(=O)O)c1ccccc1. The minimum Gasteiger partial charge on any atom is -0.476 e. The molecule has 0 aliphatic rings. The van der Waals surface area contributed by atoms with Gasteiger partial charge in [0.05, 0.1) is 6.20 Å². The van der Waals surface area contributed by atoms with E-state index >= 15 is 0 Å². The van der Waals surface area contributed by atoms with Crippen LogP contribution in [0.1, 0.15) is 5.56 Å². The molecular weight excluding hydrogens is 304 g/mol. The van der Waals surface area contributed by atoms with E-state index in [4.69, 9.17) is 0 Å². The highest BCUT2D eigenvalue weighted by molar-refractivity contribution is 6.53. The number of aromatic nitrogens is 2. The van der Waals surface area contributed by atoms with Crippen LogP contribution in [0.15, 0.2) is 72.5 Å². The summed E-state index contributed by atoms with van der Waals surface area (Å²) >= 11 is 0. The third-order valence-corrected chi connectivity index (χ3v) is 3.45. The van der Waals surface area contributed by atoms with Crippen LogP contribution < -0.4 is 5.43 Å². The van der Waals surface area contributed by atoms with Crippen molar-refractivity contribution in [3.8, 4) is 0 Å². The van der Waals surface area contributed by atoms with Crippen LogP contribution in [0.4, 0.5) is 5.82 Å². The van der Waals surface area contributed by atoms with Gasteiger partial charge in [-0.05, 0) is 5.56 Å². The van der Waals surface area contributed by atoms with Crippen molar-refractivity contribution in [3.05, 3.63) is 72.9 Å². The number of aliphatic carboxylic acids is 1. The summed E-state index contributed by atoms with van der Waals surface area (Å²) in [7, 11) is 0. The van der Waals surface area contributed by atoms with Gasteiger partial charge in [-0.2, -0.15) is 10.2 Å². The molecule has 0 saturated carbocycles. The van der Waals surface area contributed by atoms with Crippen molar-refractivity contribution in [3.63, 3.8) is 0 Å². The van der Waals surface area contributed by atoms with Crippen molar-refractivity contribution in [1.82, 2.24) is 10.2 Å². The number of hydrogen-bond donors (Lipinski definition) is 2. The van der Waals surface area contributed by atoms with E-state index in [1.807, 2.05) is 42.5 Å². The molecule has 2 aromatic carbocycles. The van der Waals surface area contributed by atoms with Crippen LogP contribution in [-0.2, 0) is 4.79 Å². The fraction of sp³-hybridized carbons (Fsp3) is 0. The van der Waals surface area contributed by atoms with E-state index < -0.39 is 5.97 Å². The second kappa shape index (κ2) is 6.70. The molecule has 0 aliphatic carbocycles. The second-order valence-electron chi connectivity index (χ2n) is 5.00. The van der Waals surface area contributed by atoms with Crippen molar-refractivity contribution in [2.75, 3.05) is 5.43 Å². The quantitative estimate of drug-likeness (QED) is 0.557. The van der Waals surface area contributed by atoms with E-state index in [1.54, 1.807) is 18.3 Å². The minimum absolute atomic E-state index is 0.184. The molecule has 0 amide bonds. The van der Waals surface area contributed by atoms with E-state index in [2.05, 4.69) is 27.3 Å². The third kappa shape index (κ3) is 3.12. The van der Waals surface area contributed by atoms with E-state index in [-0.39, 0.29) is 5.71 Å². The fourth-order valence-corrected chi connectivity index (χ4v) is 2.24. The molecule has 0 spiro atoms. The molecule has 0 atom stereocenters. The maximum atomic E-state index is 11.5. The van der Waals surface area contributed by atoms with Crippen LogP contribution in [0, 0.1) is 0 Å². The summed E-state index contributed by atoms with van der Waals surface area (Å²) in [5.41, 5.74) is 3.50.